The minimum Gasteiger partial charge on any atom is -0.348 e. The maximum absolute atomic E-state index is 12.7. The normalized spacial score (nSPS) is 15.2. The van der Waals surface area contributed by atoms with Gasteiger partial charge in [0.25, 0.3) is 5.91 Å². The van der Waals surface area contributed by atoms with E-state index in [2.05, 4.69) is 10.3 Å². The summed E-state index contributed by atoms with van der Waals surface area (Å²) in [6.07, 6.45) is 2.15. The first-order valence-corrected chi connectivity index (χ1v) is 9.48. The highest BCUT2D eigenvalue weighted by atomic mass is 32.1. The number of rotatable bonds is 7. The minimum absolute atomic E-state index is 0.0246. The molecule has 6 nitrogen and oxygen atoms in total. The molecule has 2 aromatic heterocycles. The molecular formula is C18H25N4O2S+. The van der Waals surface area contributed by atoms with E-state index in [-0.39, 0.29) is 11.7 Å². The summed E-state index contributed by atoms with van der Waals surface area (Å²) < 4.78 is 2.03. The zero-order chi connectivity index (χ0) is 18.1. The van der Waals surface area contributed by atoms with Crippen molar-refractivity contribution in [2.24, 2.45) is 0 Å². The zero-order valence-electron chi connectivity index (χ0n) is 15.2. The maximum atomic E-state index is 12.7. The largest absolute Gasteiger partial charge is 0.348 e. The fourth-order valence-corrected chi connectivity index (χ4v) is 3.91. The molecule has 1 amide bonds. The van der Waals surface area contributed by atoms with Crippen LogP contribution < -0.4 is 10.2 Å². The average Bonchev–Trinajstić information content (AvgIpc) is 3.14. The number of aryl methyl sites for hydroxylation is 2. The molecule has 2 N–H and O–H groups in total. The molecule has 0 spiro atoms. The number of quaternary nitrogens is 1. The highest BCUT2D eigenvalue weighted by molar-refractivity contribution is 7.12. The Morgan fingerprint density at radius 3 is 2.64 bits per heavy atom. The number of hydrogen-bond acceptors (Lipinski definition) is 4. The molecule has 2 heterocycles. The van der Waals surface area contributed by atoms with E-state index in [0.29, 0.717) is 24.7 Å². The number of ketones is 1. The van der Waals surface area contributed by atoms with Crippen molar-refractivity contribution in [2.75, 3.05) is 20.1 Å². The van der Waals surface area contributed by atoms with Crippen LogP contribution >= 0.6 is 11.3 Å². The van der Waals surface area contributed by atoms with E-state index < -0.39 is 0 Å². The third-order valence-electron chi connectivity index (χ3n) is 4.40. The Hall–Kier alpha value is -1.99. The second-order valence-corrected chi connectivity index (χ2v) is 7.80. The molecule has 1 aliphatic rings. The van der Waals surface area contributed by atoms with Gasteiger partial charge in [-0.05, 0) is 39.7 Å². The van der Waals surface area contributed by atoms with Gasteiger partial charge >= 0.3 is 0 Å². The Morgan fingerprint density at radius 1 is 1.32 bits per heavy atom. The van der Waals surface area contributed by atoms with Crippen LogP contribution in [0.2, 0.25) is 0 Å². The molecule has 134 valence electrons. The molecule has 3 rings (SSSR count). The number of Topliss-reactive ketones (excluding diaryl/α,β-unsaturated/α-hetero) is 1. The van der Waals surface area contributed by atoms with Crippen molar-refractivity contribution in [1.82, 2.24) is 14.9 Å². The van der Waals surface area contributed by atoms with Crippen molar-refractivity contribution in [1.29, 1.82) is 0 Å². The Morgan fingerprint density at radius 2 is 2.04 bits per heavy atom. The smallest absolute Gasteiger partial charge is 0.275 e. The summed E-state index contributed by atoms with van der Waals surface area (Å²) in [5.41, 5.74) is 3.60. The van der Waals surface area contributed by atoms with E-state index in [1.165, 1.54) is 0 Å². The standard InChI is InChI=1S/C18H24N4O2S/c1-11-10-25-18(19-11)22-12(2)7-15(13(22)3)16(23)8-21(4)9-17(24)20-14-5-6-14/h7,10,14H,5-6,8-9H2,1-4H3,(H,20,24)/p+1. The summed E-state index contributed by atoms with van der Waals surface area (Å²) in [5, 5.41) is 5.86. The number of carbonyl (C=O) groups is 2. The highest BCUT2D eigenvalue weighted by Crippen LogP contribution is 2.23. The van der Waals surface area contributed by atoms with Crippen LogP contribution in [0.25, 0.3) is 5.13 Å². The lowest BCUT2D eigenvalue weighted by Gasteiger charge is -2.13. The lowest BCUT2D eigenvalue weighted by atomic mass is 10.1. The summed E-state index contributed by atoms with van der Waals surface area (Å²) >= 11 is 1.57. The zero-order valence-corrected chi connectivity index (χ0v) is 16.0. The summed E-state index contributed by atoms with van der Waals surface area (Å²) in [6.45, 7) is 6.53. The number of aromatic nitrogens is 2. The molecule has 1 unspecified atom stereocenters. The fraction of sp³-hybridized carbons (Fsp3) is 0.500. The van der Waals surface area contributed by atoms with Crippen molar-refractivity contribution in [2.45, 2.75) is 39.7 Å². The molecule has 0 radical (unpaired) electrons. The summed E-state index contributed by atoms with van der Waals surface area (Å²) in [5.74, 6) is 0.0842. The van der Waals surface area contributed by atoms with Crippen LogP contribution in [0, 0.1) is 20.8 Å². The number of nitrogens with zero attached hydrogens (tertiary/aromatic N) is 2. The van der Waals surface area contributed by atoms with E-state index in [0.717, 1.165) is 40.0 Å². The van der Waals surface area contributed by atoms with Crippen molar-refractivity contribution >= 4 is 23.0 Å². The fourth-order valence-electron chi connectivity index (χ4n) is 3.00. The van der Waals surface area contributed by atoms with Gasteiger partial charge in [-0.1, -0.05) is 0 Å². The number of likely N-dealkylation sites (N-methyl/N-ethyl adjacent to an activating group) is 1. The molecule has 0 aliphatic heterocycles. The monoisotopic (exact) mass is 361 g/mol. The second-order valence-electron chi connectivity index (χ2n) is 6.97. The molecule has 1 atom stereocenters. The lowest BCUT2D eigenvalue weighted by Crippen LogP contribution is -3.11. The number of carbonyl (C=O) groups excluding carboxylic acids is 2. The van der Waals surface area contributed by atoms with Gasteiger partial charge in [0.1, 0.15) is 6.54 Å². The van der Waals surface area contributed by atoms with Crippen molar-refractivity contribution in [3.8, 4) is 5.13 Å². The van der Waals surface area contributed by atoms with Gasteiger partial charge in [-0.25, -0.2) is 4.98 Å². The second kappa shape index (κ2) is 7.09. The lowest BCUT2D eigenvalue weighted by molar-refractivity contribution is -0.862. The Balaban J connectivity index is 1.68. The minimum atomic E-state index is 0.0246. The Kier molecular flexibility index (Phi) is 5.06. The van der Waals surface area contributed by atoms with Gasteiger partial charge in [-0.3, -0.25) is 14.2 Å². The molecule has 0 saturated heterocycles. The average molecular weight is 361 g/mol. The van der Waals surface area contributed by atoms with Crippen LogP contribution in [-0.2, 0) is 4.79 Å². The van der Waals surface area contributed by atoms with Crippen LogP contribution in [0.5, 0.6) is 0 Å². The van der Waals surface area contributed by atoms with Gasteiger partial charge in [0.05, 0.1) is 12.7 Å². The van der Waals surface area contributed by atoms with Crippen LogP contribution in [-0.4, -0.2) is 47.4 Å². The van der Waals surface area contributed by atoms with E-state index in [4.69, 9.17) is 0 Å². The number of amides is 1. The molecule has 25 heavy (non-hydrogen) atoms. The van der Waals surface area contributed by atoms with Gasteiger partial charge in [0, 0.05) is 28.4 Å². The molecule has 2 aromatic rings. The molecule has 1 saturated carbocycles. The number of thiazole rings is 1. The molecule has 1 fully saturated rings. The molecule has 7 heteroatoms. The molecule has 0 aromatic carbocycles. The summed E-state index contributed by atoms with van der Waals surface area (Å²) in [7, 11) is 1.88. The van der Waals surface area contributed by atoms with E-state index >= 15 is 0 Å². The van der Waals surface area contributed by atoms with Crippen molar-refractivity contribution in [3.05, 3.63) is 34.1 Å². The topological polar surface area (TPSA) is 68.4 Å². The first-order chi connectivity index (χ1) is 11.8. The third-order valence-corrected chi connectivity index (χ3v) is 5.34. The maximum Gasteiger partial charge on any atom is 0.275 e. The van der Waals surface area contributed by atoms with E-state index in [9.17, 15) is 9.59 Å². The Labute approximate surface area is 151 Å². The van der Waals surface area contributed by atoms with Crippen molar-refractivity contribution in [3.63, 3.8) is 0 Å². The predicted octanol–water partition coefficient (Wildman–Crippen LogP) is 0.835. The third kappa shape index (κ3) is 4.16. The number of nitrogens with one attached hydrogen (secondary N) is 2. The van der Waals surface area contributed by atoms with E-state index in [1.54, 1.807) is 11.3 Å². The van der Waals surface area contributed by atoms with Crippen LogP contribution in [0.4, 0.5) is 0 Å². The van der Waals surface area contributed by atoms with Crippen LogP contribution in [0.1, 0.15) is 40.3 Å². The van der Waals surface area contributed by atoms with Crippen molar-refractivity contribution < 1.29 is 14.5 Å². The number of hydrogen-bond donors (Lipinski definition) is 2. The van der Waals surface area contributed by atoms with Gasteiger partial charge in [0.15, 0.2) is 11.7 Å². The first kappa shape index (κ1) is 17.8. The summed E-state index contributed by atoms with van der Waals surface area (Å²) in [4.78, 5) is 30.0. The van der Waals surface area contributed by atoms with Crippen LogP contribution in [0.15, 0.2) is 11.4 Å². The SMILES string of the molecule is Cc1csc(-n2c(C)cc(C(=O)C[NH+](C)CC(=O)NC3CC3)c2C)n1. The Bertz CT molecular complexity index is 804. The predicted molar refractivity (Wildman–Crippen MR) is 97.8 cm³/mol. The first-order valence-electron chi connectivity index (χ1n) is 8.60. The summed E-state index contributed by atoms with van der Waals surface area (Å²) in [6, 6.07) is 2.28. The van der Waals surface area contributed by atoms with Gasteiger partial charge < -0.3 is 10.2 Å². The quantitative estimate of drug-likeness (QED) is 0.718. The van der Waals surface area contributed by atoms with Gasteiger partial charge in [-0.15, -0.1) is 11.3 Å². The molecular weight excluding hydrogens is 336 g/mol. The van der Waals surface area contributed by atoms with Gasteiger partial charge in [0.2, 0.25) is 5.78 Å². The molecule has 1 aliphatic carbocycles. The molecule has 0 bridgehead atoms. The highest BCUT2D eigenvalue weighted by Gasteiger charge is 2.26. The van der Waals surface area contributed by atoms with E-state index in [1.807, 2.05) is 43.8 Å². The van der Waals surface area contributed by atoms with Gasteiger partial charge in [-0.2, -0.15) is 0 Å². The van der Waals surface area contributed by atoms with Crippen LogP contribution in [0.3, 0.4) is 0 Å².